The molecule has 0 radical (unpaired) electrons. The Morgan fingerprint density at radius 3 is 2.28 bits per heavy atom. The fourth-order valence-electron chi connectivity index (χ4n) is 2.65. The van der Waals surface area contributed by atoms with Crippen LogP contribution in [0.15, 0.2) is 0 Å². The lowest BCUT2D eigenvalue weighted by Gasteiger charge is -2.32. The van der Waals surface area contributed by atoms with Gasteiger partial charge >= 0.3 is 6.18 Å². The molecule has 18 heavy (non-hydrogen) atoms. The standard InChI is InChI=1S/C13H25F3N2/c1-3-17-8-9-18(2)10-11-4-6-12(7-5-11)13(14,15)16/h11-12,17H,3-10H2,1-2H3. The van der Waals surface area contributed by atoms with E-state index in [4.69, 9.17) is 0 Å². The highest BCUT2D eigenvalue weighted by molar-refractivity contribution is 4.78. The molecule has 0 bridgehead atoms. The number of nitrogens with zero attached hydrogens (tertiary/aromatic N) is 1. The van der Waals surface area contributed by atoms with E-state index in [1.54, 1.807) is 0 Å². The number of hydrogen-bond acceptors (Lipinski definition) is 2. The Balaban J connectivity index is 2.19. The molecule has 0 atom stereocenters. The second-order valence-corrected chi connectivity index (χ2v) is 5.38. The van der Waals surface area contributed by atoms with E-state index in [2.05, 4.69) is 17.1 Å². The van der Waals surface area contributed by atoms with Crippen molar-refractivity contribution >= 4 is 0 Å². The van der Waals surface area contributed by atoms with Crippen molar-refractivity contribution in [2.75, 3.05) is 33.2 Å². The van der Waals surface area contributed by atoms with E-state index in [-0.39, 0.29) is 0 Å². The molecule has 0 spiro atoms. The van der Waals surface area contributed by atoms with E-state index in [0.29, 0.717) is 18.8 Å². The Hall–Kier alpha value is -0.290. The summed E-state index contributed by atoms with van der Waals surface area (Å²) < 4.78 is 37.6. The van der Waals surface area contributed by atoms with E-state index in [1.807, 2.05) is 7.05 Å². The number of hydrogen-bond donors (Lipinski definition) is 1. The first-order valence-corrected chi connectivity index (χ1v) is 6.89. The normalized spacial score (nSPS) is 25.7. The van der Waals surface area contributed by atoms with E-state index < -0.39 is 12.1 Å². The van der Waals surface area contributed by atoms with Crippen molar-refractivity contribution in [3.8, 4) is 0 Å². The lowest BCUT2D eigenvalue weighted by Crippen LogP contribution is -2.35. The number of likely N-dealkylation sites (N-methyl/N-ethyl adjacent to an activating group) is 2. The SMILES string of the molecule is CCNCCN(C)CC1CCC(C(F)(F)F)CC1. The maximum absolute atomic E-state index is 12.5. The van der Waals surface area contributed by atoms with Gasteiger partial charge in [0, 0.05) is 19.6 Å². The highest BCUT2D eigenvalue weighted by Crippen LogP contribution is 2.39. The average molecular weight is 266 g/mol. The summed E-state index contributed by atoms with van der Waals surface area (Å²) >= 11 is 0. The van der Waals surface area contributed by atoms with Gasteiger partial charge in [0.05, 0.1) is 5.92 Å². The second-order valence-electron chi connectivity index (χ2n) is 5.38. The minimum atomic E-state index is -3.98. The largest absolute Gasteiger partial charge is 0.391 e. The lowest BCUT2D eigenvalue weighted by atomic mass is 9.81. The second kappa shape index (κ2) is 7.34. The molecule has 1 N–H and O–H groups in total. The van der Waals surface area contributed by atoms with E-state index in [1.165, 1.54) is 0 Å². The number of halogens is 3. The van der Waals surface area contributed by atoms with Crippen LogP contribution in [0.25, 0.3) is 0 Å². The van der Waals surface area contributed by atoms with Crippen LogP contribution in [-0.4, -0.2) is 44.3 Å². The van der Waals surface area contributed by atoms with Crippen molar-refractivity contribution in [2.24, 2.45) is 11.8 Å². The molecule has 1 saturated carbocycles. The van der Waals surface area contributed by atoms with Crippen molar-refractivity contribution in [1.82, 2.24) is 10.2 Å². The molecule has 0 saturated heterocycles. The molecule has 0 aromatic heterocycles. The molecule has 0 unspecified atom stereocenters. The predicted molar refractivity (Wildman–Crippen MR) is 67.5 cm³/mol. The Morgan fingerprint density at radius 1 is 1.17 bits per heavy atom. The van der Waals surface area contributed by atoms with Gasteiger partial charge in [-0.1, -0.05) is 6.92 Å². The fourth-order valence-corrected chi connectivity index (χ4v) is 2.65. The third-order valence-electron chi connectivity index (χ3n) is 3.80. The molecule has 1 aliphatic rings. The van der Waals surface area contributed by atoms with Crippen LogP contribution >= 0.6 is 0 Å². The summed E-state index contributed by atoms with van der Waals surface area (Å²) in [5, 5.41) is 3.25. The smallest absolute Gasteiger partial charge is 0.316 e. The van der Waals surface area contributed by atoms with Gasteiger partial charge in [0.15, 0.2) is 0 Å². The van der Waals surface area contributed by atoms with Crippen molar-refractivity contribution < 1.29 is 13.2 Å². The third-order valence-corrected chi connectivity index (χ3v) is 3.80. The topological polar surface area (TPSA) is 15.3 Å². The Labute approximate surface area is 108 Å². The molecule has 2 nitrogen and oxygen atoms in total. The maximum Gasteiger partial charge on any atom is 0.391 e. The van der Waals surface area contributed by atoms with Gasteiger partial charge in [-0.15, -0.1) is 0 Å². The van der Waals surface area contributed by atoms with Crippen LogP contribution in [0.3, 0.4) is 0 Å². The van der Waals surface area contributed by atoms with Gasteiger partial charge in [-0.3, -0.25) is 0 Å². The van der Waals surface area contributed by atoms with Crippen LogP contribution in [0.5, 0.6) is 0 Å². The predicted octanol–water partition coefficient (Wildman–Crippen LogP) is 2.90. The molecular weight excluding hydrogens is 241 g/mol. The van der Waals surface area contributed by atoms with Gasteiger partial charge in [-0.2, -0.15) is 13.2 Å². The van der Waals surface area contributed by atoms with Gasteiger partial charge in [0.1, 0.15) is 0 Å². The molecule has 1 rings (SSSR count). The van der Waals surface area contributed by atoms with Crippen molar-refractivity contribution in [3.05, 3.63) is 0 Å². The minimum absolute atomic E-state index is 0.315. The number of alkyl halides is 3. The van der Waals surface area contributed by atoms with Gasteiger partial charge < -0.3 is 10.2 Å². The molecule has 0 amide bonds. The first kappa shape index (κ1) is 15.8. The summed E-state index contributed by atoms with van der Waals surface area (Å²) in [6.07, 6.45) is -1.92. The summed E-state index contributed by atoms with van der Waals surface area (Å²) in [4.78, 5) is 2.22. The van der Waals surface area contributed by atoms with E-state index in [9.17, 15) is 13.2 Å². The highest BCUT2D eigenvalue weighted by atomic mass is 19.4. The zero-order chi connectivity index (χ0) is 13.6. The highest BCUT2D eigenvalue weighted by Gasteiger charge is 2.41. The molecule has 0 heterocycles. The minimum Gasteiger partial charge on any atom is -0.316 e. The van der Waals surface area contributed by atoms with Gasteiger partial charge in [-0.25, -0.2) is 0 Å². The summed E-state index contributed by atoms with van der Waals surface area (Å²) in [7, 11) is 2.05. The molecule has 1 aliphatic carbocycles. The molecule has 0 aromatic rings. The Kier molecular flexibility index (Phi) is 6.43. The van der Waals surface area contributed by atoms with Crippen molar-refractivity contribution in [2.45, 2.75) is 38.8 Å². The van der Waals surface area contributed by atoms with Crippen LogP contribution < -0.4 is 5.32 Å². The molecule has 0 aromatic carbocycles. The number of rotatable bonds is 6. The fraction of sp³-hybridized carbons (Fsp3) is 1.00. The van der Waals surface area contributed by atoms with Crippen LogP contribution in [0, 0.1) is 11.8 Å². The first-order valence-electron chi connectivity index (χ1n) is 6.89. The molecule has 0 aliphatic heterocycles. The van der Waals surface area contributed by atoms with Crippen LogP contribution in [0.1, 0.15) is 32.6 Å². The summed E-state index contributed by atoms with van der Waals surface area (Å²) in [6, 6.07) is 0. The molecule has 108 valence electrons. The van der Waals surface area contributed by atoms with Crippen molar-refractivity contribution in [3.63, 3.8) is 0 Å². The monoisotopic (exact) mass is 266 g/mol. The first-order chi connectivity index (χ1) is 8.43. The van der Waals surface area contributed by atoms with Gasteiger partial charge in [0.2, 0.25) is 0 Å². The Bertz CT molecular complexity index is 223. The summed E-state index contributed by atoms with van der Waals surface area (Å²) in [5.74, 6) is -0.615. The van der Waals surface area contributed by atoms with Crippen LogP contribution in [0.4, 0.5) is 13.2 Å². The van der Waals surface area contributed by atoms with Crippen LogP contribution in [-0.2, 0) is 0 Å². The summed E-state index contributed by atoms with van der Waals surface area (Å²) in [5.41, 5.74) is 0. The van der Waals surface area contributed by atoms with E-state index >= 15 is 0 Å². The van der Waals surface area contributed by atoms with Crippen LogP contribution in [0.2, 0.25) is 0 Å². The zero-order valence-electron chi connectivity index (χ0n) is 11.4. The zero-order valence-corrected chi connectivity index (χ0v) is 11.4. The molecular formula is C13H25F3N2. The molecule has 5 heteroatoms. The lowest BCUT2D eigenvalue weighted by molar-refractivity contribution is -0.184. The number of nitrogens with one attached hydrogen (secondary N) is 1. The van der Waals surface area contributed by atoms with Gasteiger partial charge in [-0.05, 0) is 45.2 Å². The quantitative estimate of drug-likeness (QED) is 0.744. The Morgan fingerprint density at radius 2 is 1.78 bits per heavy atom. The third kappa shape index (κ3) is 5.57. The summed E-state index contributed by atoms with van der Waals surface area (Å²) in [6.45, 7) is 5.87. The maximum atomic E-state index is 12.5. The van der Waals surface area contributed by atoms with E-state index in [0.717, 1.165) is 39.0 Å². The average Bonchev–Trinajstić information content (AvgIpc) is 2.29. The van der Waals surface area contributed by atoms with Crippen molar-refractivity contribution in [1.29, 1.82) is 0 Å². The molecule has 1 fully saturated rings. The van der Waals surface area contributed by atoms with Gasteiger partial charge in [0.25, 0.3) is 0 Å².